The molecule has 0 spiro atoms. The molecule has 2 atom stereocenters. The summed E-state index contributed by atoms with van der Waals surface area (Å²) in [5.74, 6) is -0.199. The molecule has 0 bridgehead atoms. The number of amides is 4. The van der Waals surface area contributed by atoms with Gasteiger partial charge in [-0.25, -0.2) is 9.69 Å². The highest BCUT2D eigenvalue weighted by molar-refractivity contribution is 6.10. The van der Waals surface area contributed by atoms with E-state index < -0.39 is 11.6 Å². The summed E-state index contributed by atoms with van der Waals surface area (Å²) >= 11 is 0. The van der Waals surface area contributed by atoms with Crippen molar-refractivity contribution in [1.82, 2.24) is 14.7 Å². The summed E-state index contributed by atoms with van der Waals surface area (Å²) in [6.07, 6.45) is 4.29. The van der Waals surface area contributed by atoms with Crippen LogP contribution in [0.2, 0.25) is 0 Å². The van der Waals surface area contributed by atoms with Crippen LogP contribution in [-0.4, -0.2) is 63.3 Å². The molecule has 3 saturated heterocycles. The summed E-state index contributed by atoms with van der Waals surface area (Å²) in [5.41, 5.74) is -0.704. The first kappa shape index (κ1) is 12.2. The highest BCUT2D eigenvalue weighted by Crippen LogP contribution is 2.40. The van der Waals surface area contributed by atoms with Crippen LogP contribution in [0.4, 0.5) is 4.79 Å². The fourth-order valence-corrected chi connectivity index (χ4v) is 3.92. The van der Waals surface area contributed by atoms with Crippen LogP contribution in [0.3, 0.4) is 0 Å². The predicted octanol–water partition coefficient (Wildman–Crippen LogP) is 0.566. The van der Waals surface area contributed by atoms with Crippen LogP contribution >= 0.6 is 0 Å². The van der Waals surface area contributed by atoms with E-state index in [0.717, 1.165) is 19.3 Å². The zero-order valence-corrected chi connectivity index (χ0v) is 11.7. The lowest BCUT2D eigenvalue weighted by atomic mass is 9.99. The van der Waals surface area contributed by atoms with Gasteiger partial charge in [-0.15, -0.1) is 0 Å². The number of rotatable bonds is 2. The number of hydrogen-bond acceptors (Lipinski definition) is 3. The van der Waals surface area contributed by atoms with Gasteiger partial charge in [0.15, 0.2) is 0 Å². The maximum Gasteiger partial charge on any atom is 0.328 e. The van der Waals surface area contributed by atoms with Crippen molar-refractivity contribution in [2.24, 2.45) is 0 Å². The van der Waals surface area contributed by atoms with Crippen LogP contribution in [0.5, 0.6) is 0 Å². The molecule has 4 fully saturated rings. The largest absolute Gasteiger partial charge is 0.338 e. The average molecular weight is 277 g/mol. The Morgan fingerprint density at radius 1 is 1.10 bits per heavy atom. The average Bonchev–Trinajstić information content (AvgIpc) is 3.04. The van der Waals surface area contributed by atoms with Crippen molar-refractivity contribution in [3.05, 3.63) is 0 Å². The minimum atomic E-state index is -0.704. The number of likely N-dealkylation sites (tertiary alicyclic amines) is 1. The van der Waals surface area contributed by atoms with Crippen molar-refractivity contribution < 1.29 is 14.4 Å². The molecule has 4 aliphatic rings. The Balaban J connectivity index is 1.61. The van der Waals surface area contributed by atoms with Gasteiger partial charge in [-0.2, -0.15) is 0 Å². The second-order valence-electron chi connectivity index (χ2n) is 6.55. The smallest absolute Gasteiger partial charge is 0.328 e. The minimum absolute atomic E-state index is 0.0287. The molecule has 3 aliphatic heterocycles. The van der Waals surface area contributed by atoms with Crippen molar-refractivity contribution >= 4 is 17.8 Å². The third-order valence-electron chi connectivity index (χ3n) is 5.27. The topological polar surface area (TPSA) is 60.9 Å². The molecular weight excluding hydrogens is 258 g/mol. The molecule has 6 heteroatoms. The van der Waals surface area contributed by atoms with Gasteiger partial charge in [-0.05, 0) is 39.0 Å². The molecule has 2 unspecified atom stereocenters. The summed E-state index contributed by atoms with van der Waals surface area (Å²) in [7, 11) is 0. The highest BCUT2D eigenvalue weighted by atomic mass is 16.2. The lowest BCUT2D eigenvalue weighted by molar-refractivity contribution is -0.140. The van der Waals surface area contributed by atoms with Gasteiger partial charge in [0, 0.05) is 19.1 Å². The number of carbonyl (C=O) groups excluding carboxylic acids is 3. The molecule has 0 aromatic carbocycles. The fourth-order valence-electron chi connectivity index (χ4n) is 3.92. The first-order valence-electron chi connectivity index (χ1n) is 7.50. The molecule has 1 saturated carbocycles. The summed E-state index contributed by atoms with van der Waals surface area (Å²) < 4.78 is 0. The Morgan fingerprint density at radius 3 is 2.50 bits per heavy atom. The zero-order valence-electron chi connectivity index (χ0n) is 11.7. The second-order valence-corrected chi connectivity index (χ2v) is 6.55. The molecule has 3 heterocycles. The van der Waals surface area contributed by atoms with Crippen LogP contribution in [0, 0.1) is 0 Å². The van der Waals surface area contributed by atoms with Crippen LogP contribution in [-0.2, 0) is 9.59 Å². The molecule has 6 nitrogen and oxygen atoms in total. The fraction of sp³-hybridized carbons (Fsp3) is 0.786. The van der Waals surface area contributed by atoms with E-state index in [9.17, 15) is 14.4 Å². The number of carbonyl (C=O) groups is 3. The zero-order chi connectivity index (χ0) is 14.1. The number of nitrogens with zero attached hydrogens (tertiary/aromatic N) is 3. The predicted molar refractivity (Wildman–Crippen MR) is 69.7 cm³/mol. The van der Waals surface area contributed by atoms with Gasteiger partial charge in [-0.1, -0.05) is 0 Å². The summed E-state index contributed by atoms with van der Waals surface area (Å²) in [5, 5.41) is 0. The molecule has 4 amide bonds. The van der Waals surface area contributed by atoms with Crippen molar-refractivity contribution in [2.45, 2.75) is 56.7 Å². The third-order valence-corrected chi connectivity index (χ3v) is 5.27. The molecule has 108 valence electrons. The Bertz CT molecular complexity index is 516. The van der Waals surface area contributed by atoms with E-state index in [-0.39, 0.29) is 17.8 Å². The third kappa shape index (κ3) is 1.37. The molecular formula is C14H19N3O3. The number of hydrogen-bond donors (Lipinski definition) is 0. The monoisotopic (exact) mass is 277 g/mol. The lowest BCUT2D eigenvalue weighted by Crippen LogP contribution is -2.47. The van der Waals surface area contributed by atoms with Crippen LogP contribution in [0.15, 0.2) is 0 Å². The summed E-state index contributed by atoms with van der Waals surface area (Å²) in [6, 6.07) is -0.459. The maximum absolute atomic E-state index is 12.6. The summed E-state index contributed by atoms with van der Waals surface area (Å²) in [6.45, 7) is 3.14. The molecule has 20 heavy (non-hydrogen) atoms. The van der Waals surface area contributed by atoms with Crippen molar-refractivity contribution in [3.63, 3.8) is 0 Å². The SMILES string of the molecule is CC12CCCN1C(=O)N(C1CCN(C3CC3)C1=O)C2=O. The molecule has 0 radical (unpaired) electrons. The molecule has 0 aromatic rings. The van der Waals surface area contributed by atoms with Crippen molar-refractivity contribution in [3.8, 4) is 0 Å². The van der Waals surface area contributed by atoms with Gasteiger partial charge in [0.25, 0.3) is 5.91 Å². The Hall–Kier alpha value is -1.59. The lowest BCUT2D eigenvalue weighted by Gasteiger charge is -2.23. The molecule has 1 aliphatic carbocycles. The Kier molecular flexibility index (Phi) is 2.28. The minimum Gasteiger partial charge on any atom is -0.338 e. The van der Waals surface area contributed by atoms with Gasteiger partial charge < -0.3 is 9.80 Å². The second kappa shape index (κ2) is 3.74. The number of imide groups is 1. The van der Waals surface area contributed by atoms with E-state index in [4.69, 9.17) is 0 Å². The van der Waals surface area contributed by atoms with E-state index in [1.807, 2.05) is 11.8 Å². The van der Waals surface area contributed by atoms with Gasteiger partial charge in [0.05, 0.1) is 0 Å². The highest BCUT2D eigenvalue weighted by Gasteiger charge is 2.60. The Labute approximate surface area is 117 Å². The van der Waals surface area contributed by atoms with Crippen molar-refractivity contribution in [2.75, 3.05) is 13.1 Å². The summed E-state index contributed by atoms with van der Waals surface area (Å²) in [4.78, 5) is 42.3. The van der Waals surface area contributed by atoms with E-state index in [1.165, 1.54) is 4.90 Å². The van der Waals surface area contributed by atoms with Gasteiger partial charge in [0.1, 0.15) is 11.6 Å². The number of urea groups is 1. The van der Waals surface area contributed by atoms with Gasteiger partial charge >= 0.3 is 6.03 Å². The van der Waals surface area contributed by atoms with E-state index in [0.29, 0.717) is 32.0 Å². The number of fused-ring (bicyclic) bond motifs is 1. The van der Waals surface area contributed by atoms with Crippen LogP contribution in [0.1, 0.15) is 39.0 Å². The quantitative estimate of drug-likeness (QED) is 0.693. The van der Waals surface area contributed by atoms with E-state index in [1.54, 1.807) is 4.90 Å². The normalized spacial score (nSPS) is 37.4. The first-order valence-corrected chi connectivity index (χ1v) is 7.50. The van der Waals surface area contributed by atoms with E-state index >= 15 is 0 Å². The van der Waals surface area contributed by atoms with E-state index in [2.05, 4.69) is 0 Å². The van der Waals surface area contributed by atoms with Gasteiger partial charge in [-0.3, -0.25) is 9.59 Å². The van der Waals surface area contributed by atoms with Gasteiger partial charge in [0.2, 0.25) is 5.91 Å². The first-order chi connectivity index (χ1) is 9.54. The Morgan fingerprint density at radius 2 is 1.85 bits per heavy atom. The molecule has 4 rings (SSSR count). The molecule has 0 N–H and O–H groups in total. The maximum atomic E-state index is 12.6. The van der Waals surface area contributed by atoms with Crippen LogP contribution in [0.25, 0.3) is 0 Å². The molecule has 0 aromatic heterocycles. The van der Waals surface area contributed by atoms with Crippen LogP contribution < -0.4 is 0 Å². The standard InChI is InChI=1S/C14H19N3O3/c1-14-6-2-7-16(14)13(20)17(12(14)19)10-5-8-15(11(10)18)9-3-4-9/h9-10H,2-8H2,1H3. The van der Waals surface area contributed by atoms with Crippen molar-refractivity contribution in [1.29, 1.82) is 0 Å².